The van der Waals surface area contributed by atoms with E-state index in [1.54, 1.807) is 0 Å². The van der Waals surface area contributed by atoms with E-state index in [-0.39, 0.29) is 17.4 Å². The van der Waals surface area contributed by atoms with Crippen LogP contribution in [0, 0.1) is 5.92 Å². The Morgan fingerprint density at radius 1 is 1.43 bits per heavy atom. The highest BCUT2D eigenvalue weighted by molar-refractivity contribution is 7.91. The highest BCUT2D eigenvalue weighted by Gasteiger charge is 2.32. The van der Waals surface area contributed by atoms with E-state index in [1.807, 2.05) is 0 Å². The quantitative estimate of drug-likeness (QED) is 0.712. The summed E-state index contributed by atoms with van der Waals surface area (Å²) in [5, 5.41) is 9.74. The van der Waals surface area contributed by atoms with Gasteiger partial charge in [0.1, 0.15) is 0 Å². The summed E-state index contributed by atoms with van der Waals surface area (Å²) in [5.41, 5.74) is 0. The van der Waals surface area contributed by atoms with Gasteiger partial charge in [0.2, 0.25) is 0 Å². The third-order valence-electron chi connectivity index (χ3n) is 2.92. The summed E-state index contributed by atoms with van der Waals surface area (Å²) in [5.74, 6) is 0.458. The van der Waals surface area contributed by atoms with Gasteiger partial charge in [-0.3, -0.25) is 0 Å². The first-order valence-electron chi connectivity index (χ1n) is 5.43. The maximum atomic E-state index is 11.2. The van der Waals surface area contributed by atoms with Gasteiger partial charge in [-0.05, 0) is 18.8 Å². The predicted octanol–water partition coefficient (Wildman–Crippen LogP) is 1.36. The molecule has 1 N–H and O–H groups in total. The van der Waals surface area contributed by atoms with Gasteiger partial charge >= 0.3 is 0 Å². The average molecular weight is 220 g/mol. The van der Waals surface area contributed by atoms with Gasteiger partial charge in [-0.1, -0.05) is 26.2 Å². The molecule has 0 saturated carbocycles. The molecular weight excluding hydrogens is 200 g/mol. The molecule has 1 aliphatic heterocycles. The smallest absolute Gasteiger partial charge is 0.150 e. The van der Waals surface area contributed by atoms with Crippen molar-refractivity contribution >= 4 is 9.84 Å². The molecule has 3 nitrogen and oxygen atoms in total. The zero-order valence-corrected chi connectivity index (χ0v) is 9.59. The van der Waals surface area contributed by atoms with Crippen LogP contribution in [0.3, 0.4) is 0 Å². The van der Waals surface area contributed by atoms with Crippen LogP contribution in [0.2, 0.25) is 0 Å². The lowest BCUT2D eigenvalue weighted by Gasteiger charge is -2.15. The van der Waals surface area contributed by atoms with Gasteiger partial charge in [-0.25, -0.2) is 8.42 Å². The minimum absolute atomic E-state index is 0.00291. The van der Waals surface area contributed by atoms with E-state index in [0.29, 0.717) is 6.42 Å². The van der Waals surface area contributed by atoms with Crippen molar-refractivity contribution in [3.05, 3.63) is 0 Å². The van der Waals surface area contributed by atoms with Crippen LogP contribution in [0.5, 0.6) is 0 Å². The second kappa shape index (κ2) is 5.12. The molecule has 2 unspecified atom stereocenters. The van der Waals surface area contributed by atoms with Gasteiger partial charge in [0.25, 0.3) is 0 Å². The molecule has 0 amide bonds. The molecule has 2 atom stereocenters. The lowest BCUT2D eigenvalue weighted by molar-refractivity contribution is 0.108. The number of aliphatic hydroxyl groups is 1. The van der Waals surface area contributed by atoms with Crippen LogP contribution in [0.25, 0.3) is 0 Å². The number of sulfone groups is 1. The molecule has 0 aromatic rings. The first-order valence-corrected chi connectivity index (χ1v) is 7.26. The third-order valence-corrected chi connectivity index (χ3v) is 4.71. The number of rotatable bonds is 5. The zero-order valence-electron chi connectivity index (χ0n) is 8.78. The van der Waals surface area contributed by atoms with E-state index < -0.39 is 15.9 Å². The van der Waals surface area contributed by atoms with Gasteiger partial charge in [-0.2, -0.15) is 0 Å². The topological polar surface area (TPSA) is 54.4 Å². The molecule has 0 bridgehead atoms. The first kappa shape index (κ1) is 12.0. The van der Waals surface area contributed by atoms with Crippen molar-refractivity contribution in [2.45, 2.75) is 45.1 Å². The second-order valence-corrected chi connectivity index (χ2v) is 6.45. The van der Waals surface area contributed by atoms with Crippen molar-refractivity contribution in [1.29, 1.82) is 0 Å². The van der Waals surface area contributed by atoms with E-state index in [0.717, 1.165) is 25.7 Å². The summed E-state index contributed by atoms with van der Waals surface area (Å²) in [6.07, 6.45) is 4.27. The second-order valence-electron chi connectivity index (χ2n) is 4.23. The normalized spacial score (nSPS) is 27.7. The Morgan fingerprint density at radius 3 is 2.64 bits per heavy atom. The summed E-state index contributed by atoms with van der Waals surface area (Å²) in [7, 11) is -2.83. The third kappa shape index (κ3) is 3.58. The molecule has 0 aromatic heterocycles. The summed E-state index contributed by atoms with van der Waals surface area (Å²) in [6, 6.07) is 0. The zero-order chi connectivity index (χ0) is 10.6. The Kier molecular flexibility index (Phi) is 4.38. The largest absolute Gasteiger partial charge is 0.393 e. The molecule has 14 heavy (non-hydrogen) atoms. The van der Waals surface area contributed by atoms with Crippen LogP contribution in [-0.4, -0.2) is 31.1 Å². The maximum Gasteiger partial charge on any atom is 0.150 e. The Bertz CT molecular complexity index is 259. The van der Waals surface area contributed by atoms with E-state index in [9.17, 15) is 13.5 Å². The molecule has 1 heterocycles. The Labute approximate surface area is 86.4 Å². The van der Waals surface area contributed by atoms with Crippen molar-refractivity contribution in [2.75, 3.05) is 11.5 Å². The van der Waals surface area contributed by atoms with Crippen LogP contribution in [-0.2, 0) is 9.84 Å². The molecular formula is C10H20O3S. The van der Waals surface area contributed by atoms with E-state index in [4.69, 9.17) is 0 Å². The van der Waals surface area contributed by atoms with Crippen LogP contribution in [0.1, 0.15) is 39.0 Å². The van der Waals surface area contributed by atoms with Gasteiger partial charge < -0.3 is 5.11 Å². The Hall–Kier alpha value is -0.0900. The standard InChI is InChI=1S/C10H20O3S/c1-2-3-4-5-10(11)9-6-7-14(12,13)8-9/h9-11H,2-8H2,1H3. The fraction of sp³-hybridized carbons (Fsp3) is 1.00. The summed E-state index contributed by atoms with van der Waals surface area (Å²) in [6.45, 7) is 2.12. The minimum atomic E-state index is -2.83. The van der Waals surface area contributed by atoms with Crippen molar-refractivity contribution in [3.63, 3.8) is 0 Å². The predicted molar refractivity (Wildman–Crippen MR) is 56.9 cm³/mol. The molecule has 1 fully saturated rings. The molecule has 1 rings (SSSR count). The van der Waals surface area contributed by atoms with Gasteiger partial charge in [0.15, 0.2) is 9.84 Å². The van der Waals surface area contributed by atoms with Crippen molar-refractivity contribution in [1.82, 2.24) is 0 Å². The summed E-state index contributed by atoms with van der Waals surface area (Å²) in [4.78, 5) is 0. The number of aliphatic hydroxyl groups excluding tert-OH is 1. The van der Waals surface area contributed by atoms with Gasteiger partial charge in [0, 0.05) is 0 Å². The molecule has 0 radical (unpaired) electrons. The first-order chi connectivity index (χ1) is 6.55. The minimum Gasteiger partial charge on any atom is -0.393 e. The monoisotopic (exact) mass is 220 g/mol. The molecule has 1 aliphatic rings. The van der Waals surface area contributed by atoms with Crippen LogP contribution in [0.4, 0.5) is 0 Å². The highest BCUT2D eigenvalue weighted by atomic mass is 32.2. The van der Waals surface area contributed by atoms with E-state index in [2.05, 4.69) is 6.92 Å². The molecule has 4 heteroatoms. The molecule has 0 aromatic carbocycles. The van der Waals surface area contributed by atoms with Crippen molar-refractivity contribution in [3.8, 4) is 0 Å². The lowest BCUT2D eigenvalue weighted by Crippen LogP contribution is -2.21. The Morgan fingerprint density at radius 2 is 2.14 bits per heavy atom. The number of hydrogen-bond acceptors (Lipinski definition) is 3. The van der Waals surface area contributed by atoms with E-state index >= 15 is 0 Å². The van der Waals surface area contributed by atoms with E-state index in [1.165, 1.54) is 0 Å². The van der Waals surface area contributed by atoms with Crippen LogP contribution < -0.4 is 0 Å². The van der Waals surface area contributed by atoms with Crippen molar-refractivity contribution < 1.29 is 13.5 Å². The summed E-state index contributed by atoms with van der Waals surface area (Å²) >= 11 is 0. The molecule has 1 saturated heterocycles. The fourth-order valence-corrected chi connectivity index (χ4v) is 3.84. The van der Waals surface area contributed by atoms with Gasteiger partial charge in [-0.15, -0.1) is 0 Å². The molecule has 84 valence electrons. The van der Waals surface area contributed by atoms with Crippen LogP contribution >= 0.6 is 0 Å². The van der Waals surface area contributed by atoms with Gasteiger partial charge in [0.05, 0.1) is 17.6 Å². The SMILES string of the molecule is CCCCCC(O)C1CCS(=O)(=O)C1. The Balaban J connectivity index is 2.29. The molecule has 0 aliphatic carbocycles. The molecule has 0 spiro atoms. The average Bonchev–Trinajstić information content (AvgIpc) is 2.46. The fourth-order valence-electron chi connectivity index (χ4n) is 1.97. The lowest BCUT2D eigenvalue weighted by atomic mass is 9.97. The summed E-state index contributed by atoms with van der Waals surface area (Å²) < 4.78 is 22.3. The number of hydrogen-bond donors (Lipinski definition) is 1. The van der Waals surface area contributed by atoms with Crippen molar-refractivity contribution in [2.24, 2.45) is 5.92 Å². The maximum absolute atomic E-state index is 11.2. The highest BCUT2D eigenvalue weighted by Crippen LogP contribution is 2.24. The number of unbranched alkanes of at least 4 members (excludes halogenated alkanes) is 2. The van der Waals surface area contributed by atoms with Crippen LogP contribution in [0.15, 0.2) is 0 Å².